The summed E-state index contributed by atoms with van der Waals surface area (Å²) in [5, 5.41) is 12.0. The predicted octanol–water partition coefficient (Wildman–Crippen LogP) is 2.28. The van der Waals surface area contributed by atoms with Gasteiger partial charge >= 0.3 is 0 Å². The van der Waals surface area contributed by atoms with Crippen LogP contribution in [-0.4, -0.2) is 23.2 Å². The summed E-state index contributed by atoms with van der Waals surface area (Å²) >= 11 is 0. The van der Waals surface area contributed by atoms with Crippen LogP contribution in [0.4, 0.5) is 0 Å². The third-order valence-corrected chi connectivity index (χ3v) is 3.17. The largest absolute Gasteiger partial charge is 0.396 e. The minimum absolute atomic E-state index is 0.0807. The monoisotopic (exact) mass is 235 g/mol. The van der Waals surface area contributed by atoms with Crippen molar-refractivity contribution in [3.63, 3.8) is 0 Å². The molecule has 1 aromatic carbocycles. The molecule has 3 heteroatoms. The Kier molecular flexibility index (Phi) is 4.70. The van der Waals surface area contributed by atoms with Crippen LogP contribution in [-0.2, 0) is 0 Å². The number of aryl methyl sites for hydroxylation is 1. The van der Waals surface area contributed by atoms with Gasteiger partial charge in [-0.1, -0.05) is 24.6 Å². The Morgan fingerprint density at radius 3 is 2.41 bits per heavy atom. The van der Waals surface area contributed by atoms with E-state index in [1.807, 2.05) is 45.0 Å². The number of benzene rings is 1. The van der Waals surface area contributed by atoms with E-state index in [0.717, 1.165) is 12.0 Å². The molecule has 0 radical (unpaired) electrons. The van der Waals surface area contributed by atoms with Crippen molar-refractivity contribution in [1.29, 1.82) is 0 Å². The molecule has 17 heavy (non-hydrogen) atoms. The quantitative estimate of drug-likeness (QED) is 0.822. The van der Waals surface area contributed by atoms with E-state index in [0.29, 0.717) is 12.0 Å². The zero-order valence-electron chi connectivity index (χ0n) is 10.8. The van der Waals surface area contributed by atoms with Gasteiger partial charge in [-0.2, -0.15) is 0 Å². The second-order valence-electron chi connectivity index (χ2n) is 4.71. The number of rotatable bonds is 5. The maximum atomic E-state index is 12.0. The summed E-state index contributed by atoms with van der Waals surface area (Å²) in [6.45, 7) is 6.03. The van der Waals surface area contributed by atoms with E-state index in [4.69, 9.17) is 5.11 Å². The molecule has 2 N–H and O–H groups in total. The Bertz CT molecular complexity index is 372. The van der Waals surface area contributed by atoms with Crippen molar-refractivity contribution in [3.8, 4) is 0 Å². The van der Waals surface area contributed by atoms with E-state index in [2.05, 4.69) is 5.32 Å². The molecule has 0 aromatic heterocycles. The molecule has 0 heterocycles. The molecule has 3 nitrogen and oxygen atoms in total. The van der Waals surface area contributed by atoms with Crippen LogP contribution in [0.1, 0.15) is 42.6 Å². The van der Waals surface area contributed by atoms with Crippen LogP contribution in [0.25, 0.3) is 0 Å². The number of hydrogen-bond acceptors (Lipinski definition) is 2. The van der Waals surface area contributed by atoms with Crippen molar-refractivity contribution in [1.82, 2.24) is 5.32 Å². The topological polar surface area (TPSA) is 49.3 Å². The number of hydrogen-bond donors (Lipinski definition) is 2. The van der Waals surface area contributed by atoms with Crippen molar-refractivity contribution in [2.75, 3.05) is 6.61 Å². The molecule has 0 saturated carbocycles. The first kappa shape index (κ1) is 13.7. The van der Waals surface area contributed by atoms with Gasteiger partial charge in [-0.3, -0.25) is 4.79 Å². The zero-order chi connectivity index (χ0) is 12.9. The molecule has 0 saturated heterocycles. The summed E-state index contributed by atoms with van der Waals surface area (Å²) < 4.78 is 0. The minimum atomic E-state index is -0.337. The number of carbonyl (C=O) groups excluding carboxylic acids is 1. The lowest BCUT2D eigenvalue weighted by Gasteiger charge is -2.29. The van der Waals surface area contributed by atoms with Crippen molar-refractivity contribution in [2.45, 2.75) is 39.2 Å². The molecule has 1 rings (SSSR count). The van der Waals surface area contributed by atoms with Gasteiger partial charge in [0.1, 0.15) is 0 Å². The highest BCUT2D eigenvalue weighted by Gasteiger charge is 2.23. The Morgan fingerprint density at radius 2 is 1.94 bits per heavy atom. The highest BCUT2D eigenvalue weighted by molar-refractivity contribution is 5.94. The average Bonchev–Trinajstić information content (AvgIpc) is 2.30. The summed E-state index contributed by atoms with van der Waals surface area (Å²) in [6.07, 6.45) is 1.37. The van der Waals surface area contributed by atoms with E-state index in [1.54, 1.807) is 0 Å². The molecular formula is C14H21NO2. The van der Waals surface area contributed by atoms with Gasteiger partial charge in [0.15, 0.2) is 0 Å². The average molecular weight is 235 g/mol. The second-order valence-corrected chi connectivity index (χ2v) is 4.71. The van der Waals surface area contributed by atoms with Gasteiger partial charge in [-0.05, 0) is 38.8 Å². The Morgan fingerprint density at radius 1 is 1.35 bits per heavy atom. The summed E-state index contributed by atoms with van der Waals surface area (Å²) in [4.78, 5) is 12.0. The molecule has 1 aromatic rings. The van der Waals surface area contributed by atoms with Crippen molar-refractivity contribution in [2.24, 2.45) is 0 Å². The summed E-state index contributed by atoms with van der Waals surface area (Å²) in [7, 11) is 0. The molecular weight excluding hydrogens is 214 g/mol. The normalized spacial score (nSPS) is 14.1. The molecule has 0 aliphatic heterocycles. The molecule has 0 aliphatic carbocycles. The Labute approximate surface area is 103 Å². The number of amides is 1. The number of aliphatic hydroxyl groups is 1. The predicted molar refractivity (Wildman–Crippen MR) is 69.0 cm³/mol. The van der Waals surface area contributed by atoms with Crippen molar-refractivity contribution >= 4 is 5.91 Å². The Balaban J connectivity index is 2.74. The molecule has 0 bridgehead atoms. The maximum Gasteiger partial charge on any atom is 0.251 e. The molecule has 1 unspecified atom stereocenters. The van der Waals surface area contributed by atoms with Gasteiger partial charge in [0, 0.05) is 17.7 Å². The van der Waals surface area contributed by atoms with Gasteiger partial charge in [0.25, 0.3) is 5.91 Å². The van der Waals surface area contributed by atoms with Crippen LogP contribution in [0.2, 0.25) is 0 Å². The fourth-order valence-corrected chi connectivity index (χ4v) is 1.63. The molecule has 0 spiro atoms. The second kappa shape index (κ2) is 5.82. The third-order valence-electron chi connectivity index (χ3n) is 3.17. The Hall–Kier alpha value is -1.35. The van der Waals surface area contributed by atoms with Crippen LogP contribution < -0.4 is 5.32 Å². The summed E-state index contributed by atoms with van der Waals surface area (Å²) in [5.74, 6) is -0.0807. The van der Waals surface area contributed by atoms with Crippen LogP contribution in [0, 0.1) is 6.92 Å². The number of carbonyl (C=O) groups is 1. The van der Waals surface area contributed by atoms with Gasteiger partial charge in [-0.15, -0.1) is 0 Å². The third kappa shape index (κ3) is 3.86. The number of aliphatic hydroxyl groups excluding tert-OH is 1. The van der Waals surface area contributed by atoms with Crippen LogP contribution in [0.5, 0.6) is 0 Å². The van der Waals surface area contributed by atoms with Crippen LogP contribution in [0.3, 0.4) is 0 Å². The van der Waals surface area contributed by atoms with E-state index in [9.17, 15) is 4.79 Å². The lowest BCUT2D eigenvalue weighted by Crippen LogP contribution is -2.46. The van der Waals surface area contributed by atoms with E-state index >= 15 is 0 Å². The lowest BCUT2D eigenvalue weighted by atomic mass is 9.94. The SMILES string of the molecule is CCC(C)(CCO)NC(=O)c1ccc(C)cc1. The highest BCUT2D eigenvalue weighted by atomic mass is 16.3. The van der Waals surface area contributed by atoms with Crippen molar-refractivity contribution < 1.29 is 9.90 Å². The molecule has 1 amide bonds. The highest BCUT2D eigenvalue weighted by Crippen LogP contribution is 2.15. The maximum absolute atomic E-state index is 12.0. The standard InChI is InChI=1S/C14H21NO2/c1-4-14(3,9-10-16)15-13(17)12-7-5-11(2)6-8-12/h5-8,16H,4,9-10H2,1-3H3,(H,15,17). The molecule has 0 fully saturated rings. The first-order valence-electron chi connectivity index (χ1n) is 6.01. The smallest absolute Gasteiger partial charge is 0.251 e. The fourth-order valence-electron chi connectivity index (χ4n) is 1.63. The van der Waals surface area contributed by atoms with Gasteiger partial charge in [0.2, 0.25) is 0 Å². The van der Waals surface area contributed by atoms with Gasteiger partial charge in [-0.25, -0.2) is 0 Å². The van der Waals surface area contributed by atoms with Crippen LogP contribution in [0.15, 0.2) is 24.3 Å². The minimum Gasteiger partial charge on any atom is -0.396 e. The lowest BCUT2D eigenvalue weighted by molar-refractivity contribution is 0.0886. The molecule has 94 valence electrons. The number of nitrogens with one attached hydrogen (secondary N) is 1. The summed E-state index contributed by atoms with van der Waals surface area (Å²) in [5.41, 5.74) is 1.46. The van der Waals surface area contributed by atoms with E-state index in [1.165, 1.54) is 0 Å². The van der Waals surface area contributed by atoms with Crippen LogP contribution >= 0.6 is 0 Å². The summed E-state index contributed by atoms with van der Waals surface area (Å²) in [6, 6.07) is 7.48. The first-order valence-corrected chi connectivity index (χ1v) is 6.01. The zero-order valence-corrected chi connectivity index (χ0v) is 10.8. The molecule has 0 aliphatic rings. The van der Waals surface area contributed by atoms with Gasteiger partial charge < -0.3 is 10.4 Å². The molecule has 1 atom stereocenters. The van der Waals surface area contributed by atoms with E-state index < -0.39 is 0 Å². The fraction of sp³-hybridized carbons (Fsp3) is 0.500. The van der Waals surface area contributed by atoms with Crippen molar-refractivity contribution in [3.05, 3.63) is 35.4 Å². The van der Waals surface area contributed by atoms with E-state index in [-0.39, 0.29) is 18.1 Å². The van der Waals surface area contributed by atoms with Gasteiger partial charge in [0.05, 0.1) is 0 Å². The first-order chi connectivity index (χ1) is 8.00.